The van der Waals surface area contributed by atoms with Crippen molar-refractivity contribution >= 4 is 0 Å². The van der Waals surface area contributed by atoms with Gasteiger partial charge >= 0.3 is 0 Å². The standard InChI is InChI=1S/C11H24O3/c1-5-7-8-12-11(4)9-13-14-10(3)6-2/h10-11H,5-9H2,1-4H3. The Kier molecular flexibility index (Phi) is 9.35. The average Bonchev–Trinajstić information content (AvgIpc) is 2.18. The highest BCUT2D eigenvalue weighted by molar-refractivity contribution is 4.46. The lowest BCUT2D eigenvalue weighted by atomic mass is 10.3. The van der Waals surface area contributed by atoms with Gasteiger partial charge in [0.2, 0.25) is 0 Å². The highest BCUT2D eigenvalue weighted by Gasteiger charge is 2.04. The van der Waals surface area contributed by atoms with Gasteiger partial charge in [0.25, 0.3) is 0 Å². The fraction of sp³-hybridized carbons (Fsp3) is 1.00. The third-order valence-corrected chi connectivity index (χ3v) is 2.01. The first-order valence-electron chi connectivity index (χ1n) is 5.60. The van der Waals surface area contributed by atoms with E-state index in [2.05, 4.69) is 13.8 Å². The van der Waals surface area contributed by atoms with E-state index in [0.717, 1.165) is 25.9 Å². The molecule has 0 aliphatic rings. The van der Waals surface area contributed by atoms with Crippen LogP contribution in [0.4, 0.5) is 0 Å². The van der Waals surface area contributed by atoms with Gasteiger partial charge in [-0.05, 0) is 26.7 Å². The summed E-state index contributed by atoms with van der Waals surface area (Å²) in [4.78, 5) is 10.1. The summed E-state index contributed by atoms with van der Waals surface area (Å²) in [6.45, 7) is 9.52. The molecule has 0 aromatic heterocycles. The zero-order valence-electron chi connectivity index (χ0n) is 9.91. The van der Waals surface area contributed by atoms with E-state index in [0.29, 0.717) is 6.61 Å². The molecule has 0 saturated carbocycles. The van der Waals surface area contributed by atoms with E-state index >= 15 is 0 Å². The summed E-state index contributed by atoms with van der Waals surface area (Å²) in [5.74, 6) is 0. The molecule has 3 heteroatoms. The van der Waals surface area contributed by atoms with E-state index in [9.17, 15) is 0 Å². The number of hydrogen-bond acceptors (Lipinski definition) is 3. The lowest BCUT2D eigenvalue weighted by Gasteiger charge is -2.14. The van der Waals surface area contributed by atoms with Crippen molar-refractivity contribution in [3.63, 3.8) is 0 Å². The van der Waals surface area contributed by atoms with Crippen LogP contribution in [0.2, 0.25) is 0 Å². The topological polar surface area (TPSA) is 27.7 Å². The first-order chi connectivity index (χ1) is 6.70. The molecule has 0 saturated heterocycles. The fourth-order valence-electron chi connectivity index (χ4n) is 0.796. The molecule has 0 amide bonds. The highest BCUT2D eigenvalue weighted by atomic mass is 17.2. The normalized spacial score (nSPS) is 15.4. The summed E-state index contributed by atoms with van der Waals surface area (Å²) in [5.41, 5.74) is 0. The van der Waals surface area contributed by atoms with Gasteiger partial charge < -0.3 is 4.74 Å². The van der Waals surface area contributed by atoms with E-state index in [4.69, 9.17) is 14.5 Å². The third kappa shape index (κ3) is 8.48. The largest absolute Gasteiger partial charge is 0.376 e. The monoisotopic (exact) mass is 204 g/mol. The van der Waals surface area contributed by atoms with Gasteiger partial charge in [-0.25, -0.2) is 9.78 Å². The number of hydrogen-bond donors (Lipinski definition) is 0. The number of unbranched alkanes of at least 4 members (excludes halogenated alkanes) is 1. The van der Waals surface area contributed by atoms with Gasteiger partial charge in [0, 0.05) is 6.61 Å². The van der Waals surface area contributed by atoms with Crippen LogP contribution in [0.3, 0.4) is 0 Å². The average molecular weight is 204 g/mol. The molecule has 0 radical (unpaired) electrons. The zero-order chi connectivity index (χ0) is 10.8. The van der Waals surface area contributed by atoms with Crippen LogP contribution >= 0.6 is 0 Å². The van der Waals surface area contributed by atoms with Gasteiger partial charge in [-0.1, -0.05) is 20.3 Å². The Morgan fingerprint density at radius 3 is 2.36 bits per heavy atom. The Bertz CT molecular complexity index is 117. The van der Waals surface area contributed by atoms with Crippen LogP contribution in [0.1, 0.15) is 47.0 Å². The zero-order valence-corrected chi connectivity index (χ0v) is 9.91. The van der Waals surface area contributed by atoms with E-state index in [1.807, 2.05) is 13.8 Å². The van der Waals surface area contributed by atoms with Crippen molar-refractivity contribution in [3.05, 3.63) is 0 Å². The van der Waals surface area contributed by atoms with Crippen LogP contribution in [0.25, 0.3) is 0 Å². The molecule has 0 fully saturated rings. The van der Waals surface area contributed by atoms with Crippen molar-refractivity contribution in [3.8, 4) is 0 Å². The van der Waals surface area contributed by atoms with Crippen molar-refractivity contribution in [1.29, 1.82) is 0 Å². The Morgan fingerprint density at radius 2 is 1.79 bits per heavy atom. The van der Waals surface area contributed by atoms with Crippen molar-refractivity contribution in [2.75, 3.05) is 13.2 Å². The molecule has 0 aliphatic heterocycles. The first kappa shape index (κ1) is 13.9. The van der Waals surface area contributed by atoms with E-state index in [1.165, 1.54) is 0 Å². The molecule has 0 aromatic rings. The van der Waals surface area contributed by atoms with Gasteiger partial charge in [-0.3, -0.25) is 0 Å². The summed E-state index contributed by atoms with van der Waals surface area (Å²) in [7, 11) is 0. The first-order valence-corrected chi connectivity index (χ1v) is 5.60. The Balaban J connectivity index is 3.21. The maximum Gasteiger partial charge on any atom is 0.108 e. The second-order valence-corrected chi connectivity index (χ2v) is 3.63. The number of rotatable bonds is 9. The summed E-state index contributed by atoms with van der Waals surface area (Å²) in [5, 5.41) is 0. The molecule has 2 unspecified atom stereocenters. The maximum atomic E-state index is 5.49. The lowest BCUT2D eigenvalue weighted by molar-refractivity contribution is -0.330. The molecule has 2 atom stereocenters. The van der Waals surface area contributed by atoms with Crippen LogP contribution < -0.4 is 0 Å². The minimum absolute atomic E-state index is 0.116. The van der Waals surface area contributed by atoms with Crippen LogP contribution in [-0.4, -0.2) is 25.4 Å². The Morgan fingerprint density at radius 1 is 1.07 bits per heavy atom. The van der Waals surface area contributed by atoms with Crippen molar-refractivity contribution in [2.45, 2.75) is 59.2 Å². The Labute approximate surface area is 87.7 Å². The molecule has 0 heterocycles. The third-order valence-electron chi connectivity index (χ3n) is 2.01. The fourth-order valence-corrected chi connectivity index (χ4v) is 0.796. The van der Waals surface area contributed by atoms with Crippen LogP contribution in [0.15, 0.2) is 0 Å². The van der Waals surface area contributed by atoms with Crippen molar-refractivity contribution in [2.24, 2.45) is 0 Å². The number of ether oxygens (including phenoxy) is 1. The quantitative estimate of drug-likeness (QED) is 0.328. The lowest BCUT2D eigenvalue weighted by Crippen LogP contribution is -2.19. The van der Waals surface area contributed by atoms with Crippen LogP contribution in [0.5, 0.6) is 0 Å². The minimum Gasteiger partial charge on any atom is -0.376 e. The van der Waals surface area contributed by atoms with Gasteiger partial charge in [-0.15, -0.1) is 0 Å². The second kappa shape index (κ2) is 9.44. The molecule has 14 heavy (non-hydrogen) atoms. The highest BCUT2D eigenvalue weighted by Crippen LogP contribution is 2.00. The molecule has 3 nitrogen and oxygen atoms in total. The van der Waals surface area contributed by atoms with Gasteiger partial charge in [0.05, 0.1) is 12.2 Å². The molecule has 0 rings (SSSR count). The molecular weight excluding hydrogens is 180 g/mol. The minimum atomic E-state index is 0.116. The van der Waals surface area contributed by atoms with Crippen LogP contribution in [0, 0.1) is 0 Å². The molecule has 0 aromatic carbocycles. The second-order valence-electron chi connectivity index (χ2n) is 3.63. The van der Waals surface area contributed by atoms with E-state index in [1.54, 1.807) is 0 Å². The van der Waals surface area contributed by atoms with Crippen LogP contribution in [-0.2, 0) is 14.5 Å². The Hall–Kier alpha value is -0.120. The molecule has 86 valence electrons. The predicted molar refractivity (Wildman–Crippen MR) is 57.1 cm³/mol. The maximum absolute atomic E-state index is 5.49. The predicted octanol–water partition coefficient (Wildman–Crippen LogP) is 2.94. The van der Waals surface area contributed by atoms with Crippen molar-refractivity contribution in [1.82, 2.24) is 0 Å². The van der Waals surface area contributed by atoms with Crippen molar-refractivity contribution < 1.29 is 14.5 Å². The molecular formula is C11H24O3. The van der Waals surface area contributed by atoms with Gasteiger partial charge in [0.1, 0.15) is 6.61 Å². The van der Waals surface area contributed by atoms with E-state index in [-0.39, 0.29) is 12.2 Å². The summed E-state index contributed by atoms with van der Waals surface area (Å²) < 4.78 is 5.49. The summed E-state index contributed by atoms with van der Waals surface area (Å²) in [6, 6.07) is 0. The molecule has 0 bridgehead atoms. The van der Waals surface area contributed by atoms with Gasteiger partial charge in [-0.2, -0.15) is 0 Å². The van der Waals surface area contributed by atoms with Gasteiger partial charge in [0.15, 0.2) is 0 Å². The molecule has 0 N–H and O–H groups in total. The van der Waals surface area contributed by atoms with E-state index < -0.39 is 0 Å². The smallest absolute Gasteiger partial charge is 0.108 e. The summed E-state index contributed by atoms with van der Waals surface area (Å²) >= 11 is 0. The molecule has 0 aliphatic carbocycles. The SMILES string of the molecule is CCCCOC(C)COOC(C)CC. The summed E-state index contributed by atoms with van der Waals surface area (Å²) in [6.07, 6.45) is 3.52. The molecule has 0 spiro atoms.